The zero-order valence-electron chi connectivity index (χ0n) is 10.4. The van der Waals surface area contributed by atoms with E-state index in [1.165, 1.54) is 4.90 Å². The van der Waals surface area contributed by atoms with Gasteiger partial charge in [0.1, 0.15) is 11.9 Å². The molecule has 0 radical (unpaired) electrons. The van der Waals surface area contributed by atoms with Gasteiger partial charge in [-0.3, -0.25) is 0 Å². The molecule has 1 aromatic rings. The van der Waals surface area contributed by atoms with Crippen LogP contribution in [0.1, 0.15) is 12.8 Å². The van der Waals surface area contributed by atoms with Crippen LogP contribution in [0.3, 0.4) is 0 Å². The van der Waals surface area contributed by atoms with Crippen molar-refractivity contribution in [3.8, 4) is 6.07 Å². The number of anilines is 1. The van der Waals surface area contributed by atoms with Gasteiger partial charge in [-0.25, -0.2) is 9.69 Å². The van der Waals surface area contributed by atoms with E-state index in [2.05, 4.69) is 6.07 Å². The van der Waals surface area contributed by atoms with E-state index < -0.39 is 0 Å². The SMILES string of the molecule is N#CC1=C(N)N(c2ccccc2)C(=O)N2CCCC12. The van der Waals surface area contributed by atoms with Gasteiger partial charge in [-0.1, -0.05) is 18.2 Å². The third kappa shape index (κ3) is 1.65. The third-order valence-corrected chi connectivity index (χ3v) is 3.67. The molecule has 1 aromatic carbocycles. The van der Waals surface area contributed by atoms with Crippen molar-refractivity contribution in [2.75, 3.05) is 11.4 Å². The largest absolute Gasteiger partial charge is 0.384 e. The monoisotopic (exact) mass is 254 g/mol. The predicted octanol–water partition coefficient (Wildman–Crippen LogP) is 1.78. The van der Waals surface area contributed by atoms with E-state index in [1.807, 2.05) is 30.3 Å². The molecule has 1 unspecified atom stereocenters. The number of amides is 2. The number of nitriles is 1. The van der Waals surface area contributed by atoms with Crippen LogP contribution in [0.2, 0.25) is 0 Å². The maximum atomic E-state index is 12.5. The van der Waals surface area contributed by atoms with Crippen molar-refractivity contribution < 1.29 is 4.79 Å². The maximum Gasteiger partial charge on any atom is 0.330 e. The molecule has 0 bridgehead atoms. The van der Waals surface area contributed by atoms with Crippen molar-refractivity contribution in [3.63, 3.8) is 0 Å². The molecule has 1 fully saturated rings. The molecule has 2 amide bonds. The van der Waals surface area contributed by atoms with Crippen LogP contribution in [0.25, 0.3) is 0 Å². The van der Waals surface area contributed by atoms with Gasteiger partial charge in [0.15, 0.2) is 0 Å². The van der Waals surface area contributed by atoms with Crippen LogP contribution in [-0.2, 0) is 0 Å². The van der Waals surface area contributed by atoms with Gasteiger partial charge in [0, 0.05) is 6.54 Å². The van der Waals surface area contributed by atoms with E-state index in [0.717, 1.165) is 12.8 Å². The summed E-state index contributed by atoms with van der Waals surface area (Å²) in [5.74, 6) is 0.266. The minimum atomic E-state index is -0.141. The number of rotatable bonds is 1. The normalized spacial score (nSPS) is 22.5. The summed E-state index contributed by atoms with van der Waals surface area (Å²) >= 11 is 0. The first kappa shape index (κ1) is 11.6. The molecule has 0 spiro atoms. The number of fused-ring (bicyclic) bond motifs is 1. The Hall–Kier alpha value is -2.48. The highest BCUT2D eigenvalue weighted by Gasteiger charge is 2.41. The van der Waals surface area contributed by atoms with Crippen LogP contribution in [-0.4, -0.2) is 23.5 Å². The molecule has 2 heterocycles. The summed E-state index contributed by atoms with van der Waals surface area (Å²) in [5.41, 5.74) is 7.25. The lowest BCUT2D eigenvalue weighted by molar-refractivity contribution is 0.203. The molecule has 3 rings (SSSR count). The van der Waals surface area contributed by atoms with Crippen molar-refractivity contribution in [2.24, 2.45) is 5.73 Å². The standard InChI is InChI=1S/C14H14N4O/c15-9-11-12-7-4-8-17(12)14(19)18(13(11)16)10-5-2-1-3-6-10/h1-3,5-6,12H,4,7-8,16H2. The first-order valence-corrected chi connectivity index (χ1v) is 6.29. The average Bonchev–Trinajstić information content (AvgIpc) is 2.90. The lowest BCUT2D eigenvalue weighted by Gasteiger charge is -2.37. The molecule has 5 nitrogen and oxygen atoms in total. The van der Waals surface area contributed by atoms with Crippen LogP contribution in [0, 0.1) is 11.3 Å². The highest BCUT2D eigenvalue weighted by atomic mass is 16.2. The van der Waals surface area contributed by atoms with Crippen LogP contribution in [0.4, 0.5) is 10.5 Å². The van der Waals surface area contributed by atoms with Crippen LogP contribution >= 0.6 is 0 Å². The van der Waals surface area contributed by atoms with Gasteiger partial charge < -0.3 is 10.6 Å². The number of hydrogen-bond donors (Lipinski definition) is 1. The summed E-state index contributed by atoms with van der Waals surface area (Å²) in [6, 6.07) is 11.1. The Morgan fingerprint density at radius 2 is 2.05 bits per heavy atom. The fourth-order valence-electron chi connectivity index (χ4n) is 2.78. The van der Waals surface area contributed by atoms with Crippen molar-refractivity contribution >= 4 is 11.7 Å². The van der Waals surface area contributed by atoms with Gasteiger partial charge >= 0.3 is 6.03 Å². The van der Waals surface area contributed by atoms with Crippen molar-refractivity contribution in [3.05, 3.63) is 41.7 Å². The molecule has 0 aromatic heterocycles. The van der Waals surface area contributed by atoms with Crippen molar-refractivity contribution in [2.45, 2.75) is 18.9 Å². The number of nitrogens with zero attached hydrogens (tertiary/aromatic N) is 3. The number of para-hydroxylation sites is 1. The molecule has 19 heavy (non-hydrogen) atoms. The highest BCUT2D eigenvalue weighted by molar-refractivity contribution is 5.97. The highest BCUT2D eigenvalue weighted by Crippen LogP contribution is 2.33. The molecule has 0 aliphatic carbocycles. The Morgan fingerprint density at radius 1 is 1.32 bits per heavy atom. The number of nitrogens with two attached hydrogens (primary N) is 1. The Bertz CT molecular complexity index is 587. The van der Waals surface area contributed by atoms with Crippen LogP contribution in [0.5, 0.6) is 0 Å². The zero-order valence-corrected chi connectivity index (χ0v) is 10.4. The minimum absolute atomic E-state index is 0.134. The smallest absolute Gasteiger partial charge is 0.330 e. The van der Waals surface area contributed by atoms with Gasteiger partial charge in [-0.2, -0.15) is 5.26 Å². The first-order chi connectivity index (χ1) is 9.24. The summed E-state index contributed by atoms with van der Waals surface area (Å²) in [6.07, 6.45) is 1.73. The molecule has 5 heteroatoms. The molecule has 1 atom stereocenters. The molecule has 0 saturated carbocycles. The molecule has 1 saturated heterocycles. The molecule has 2 aliphatic rings. The Balaban J connectivity index is 2.12. The number of carbonyl (C=O) groups is 1. The molecular formula is C14H14N4O. The van der Waals surface area contributed by atoms with Gasteiger partial charge in [-0.15, -0.1) is 0 Å². The van der Waals surface area contributed by atoms with Gasteiger partial charge in [0.25, 0.3) is 0 Å². The average molecular weight is 254 g/mol. The maximum absolute atomic E-state index is 12.5. The van der Waals surface area contributed by atoms with Gasteiger partial charge in [-0.05, 0) is 25.0 Å². The lowest BCUT2D eigenvalue weighted by Crippen LogP contribution is -2.52. The summed E-state index contributed by atoms with van der Waals surface area (Å²) in [4.78, 5) is 15.7. The van der Waals surface area contributed by atoms with Crippen LogP contribution < -0.4 is 10.6 Å². The quantitative estimate of drug-likeness (QED) is 0.830. The lowest BCUT2D eigenvalue weighted by atomic mass is 10.0. The second-order valence-electron chi connectivity index (χ2n) is 4.72. The summed E-state index contributed by atoms with van der Waals surface area (Å²) in [7, 11) is 0. The van der Waals surface area contributed by atoms with Crippen LogP contribution in [0.15, 0.2) is 41.7 Å². The number of urea groups is 1. The zero-order chi connectivity index (χ0) is 13.4. The van der Waals surface area contributed by atoms with E-state index in [0.29, 0.717) is 17.8 Å². The topological polar surface area (TPSA) is 73.4 Å². The third-order valence-electron chi connectivity index (χ3n) is 3.67. The van der Waals surface area contributed by atoms with E-state index >= 15 is 0 Å². The Labute approximate surface area is 111 Å². The molecular weight excluding hydrogens is 240 g/mol. The van der Waals surface area contributed by atoms with E-state index in [1.54, 1.807) is 4.90 Å². The fourth-order valence-corrected chi connectivity index (χ4v) is 2.78. The van der Waals surface area contributed by atoms with Gasteiger partial charge in [0.05, 0.1) is 17.3 Å². The van der Waals surface area contributed by atoms with E-state index in [9.17, 15) is 10.1 Å². The number of benzene rings is 1. The van der Waals surface area contributed by atoms with Crippen molar-refractivity contribution in [1.82, 2.24) is 4.90 Å². The predicted molar refractivity (Wildman–Crippen MR) is 70.9 cm³/mol. The second kappa shape index (κ2) is 4.32. The minimum Gasteiger partial charge on any atom is -0.384 e. The number of hydrogen-bond acceptors (Lipinski definition) is 3. The van der Waals surface area contributed by atoms with Crippen molar-refractivity contribution in [1.29, 1.82) is 5.26 Å². The molecule has 96 valence electrons. The summed E-state index contributed by atoms with van der Waals surface area (Å²) in [5, 5.41) is 9.31. The van der Waals surface area contributed by atoms with Gasteiger partial charge in [0.2, 0.25) is 0 Å². The summed E-state index contributed by atoms with van der Waals surface area (Å²) in [6.45, 7) is 0.686. The molecule has 2 N–H and O–H groups in total. The second-order valence-corrected chi connectivity index (χ2v) is 4.72. The Morgan fingerprint density at radius 3 is 2.74 bits per heavy atom. The number of carbonyl (C=O) groups excluding carboxylic acids is 1. The first-order valence-electron chi connectivity index (χ1n) is 6.29. The summed E-state index contributed by atoms with van der Waals surface area (Å²) < 4.78 is 0. The fraction of sp³-hybridized carbons (Fsp3) is 0.286. The molecule has 2 aliphatic heterocycles. The Kier molecular flexibility index (Phi) is 2.64. The van der Waals surface area contributed by atoms with E-state index in [-0.39, 0.29) is 17.9 Å². The van der Waals surface area contributed by atoms with E-state index in [4.69, 9.17) is 5.73 Å².